The molecule has 1 aliphatic carbocycles. The van der Waals surface area contributed by atoms with Gasteiger partial charge in [0.05, 0.1) is 12.8 Å². The van der Waals surface area contributed by atoms with E-state index in [4.69, 9.17) is 15.2 Å². The number of aromatic amines is 1. The van der Waals surface area contributed by atoms with Crippen molar-refractivity contribution in [2.24, 2.45) is 17.6 Å². The van der Waals surface area contributed by atoms with Gasteiger partial charge in [-0.05, 0) is 81.3 Å². The van der Waals surface area contributed by atoms with E-state index < -0.39 is 0 Å². The van der Waals surface area contributed by atoms with Crippen LogP contribution in [0, 0.1) is 11.8 Å². The Morgan fingerprint density at radius 2 is 2.21 bits per heavy atom. The Bertz CT molecular complexity index is 937. The monoisotopic (exact) mass is 392 g/mol. The highest BCUT2D eigenvalue weighted by Gasteiger charge is 2.41. The lowest BCUT2D eigenvalue weighted by Gasteiger charge is -2.38. The SMILES string of the molecule is C=Cc1[nH]c2c(c1C=C(C)C)CC1CCc3ccc(OC)c(c3)O[C@@H]2C1CCN. The van der Waals surface area contributed by atoms with Crippen molar-refractivity contribution in [1.82, 2.24) is 4.98 Å². The summed E-state index contributed by atoms with van der Waals surface area (Å²) >= 11 is 0. The van der Waals surface area contributed by atoms with E-state index in [0.717, 1.165) is 42.9 Å². The van der Waals surface area contributed by atoms with Crippen LogP contribution in [0.25, 0.3) is 12.2 Å². The maximum absolute atomic E-state index is 6.71. The molecule has 1 aromatic heterocycles. The zero-order chi connectivity index (χ0) is 20.5. The molecule has 0 amide bonds. The second-order valence-corrected chi connectivity index (χ2v) is 8.54. The maximum atomic E-state index is 6.71. The average molecular weight is 393 g/mol. The van der Waals surface area contributed by atoms with E-state index >= 15 is 0 Å². The van der Waals surface area contributed by atoms with Gasteiger partial charge in [0.1, 0.15) is 6.10 Å². The zero-order valence-corrected chi connectivity index (χ0v) is 17.8. The molecule has 1 aromatic carbocycles. The molecule has 0 saturated carbocycles. The molecule has 0 fully saturated rings. The van der Waals surface area contributed by atoms with Crippen LogP contribution in [0.3, 0.4) is 0 Å². The summed E-state index contributed by atoms with van der Waals surface area (Å²) in [5.74, 6) is 2.52. The maximum Gasteiger partial charge on any atom is 0.162 e. The molecule has 0 spiro atoms. The van der Waals surface area contributed by atoms with Crippen LogP contribution in [0.2, 0.25) is 0 Å². The topological polar surface area (TPSA) is 60.3 Å². The van der Waals surface area contributed by atoms with Gasteiger partial charge in [0.2, 0.25) is 0 Å². The largest absolute Gasteiger partial charge is 0.493 e. The van der Waals surface area contributed by atoms with Gasteiger partial charge in [-0.1, -0.05) is 24.3 Å². The van der Waals surface area contributed by atoms with Crippen molar-refractivity contribution in [1.29, 1.82) is 0 Å². The van der Waals surface area contributed by atoms with Crippen LogP contribution in [0.4, 0.5) is 0 Å². The lowest BCUT2D eigenvalue weighted by molar-refractivity contribution is 0.0692. The number of hydrogen-bond acceptors (Lipinski definition) is 3. The molecule has 3 N–H and O–H groups in total. The molecule has 154 valence electrons. The summed E-state index contributed by atoms with van der Waals surface area (Å²) in [4.78, 5) is 3.65. The Balaban J connectivity index is 1.88. The molecular formula is C25H32N2O2. The standard InChI is InChI=1S/C25H32N2O2/c1-5-21-19(12-15(2)3)20-14-17-8-6-16-7-9-22(28-4)23(13-16)29-25(24(20)27-21)18(17)10-11-26/h5,7,9,12-13,17-18,25,27H,1,6,8,10-11,14,26H2,2-4H3/t17?,18?,25-/m1/s1. The van der Waals surface area contributed by atoms with Gasteiger partial charge in [-0.15, -0.1) is 0 Å². The van der Waals surface area contributed by atoms with Crippen LogP contribution in [0.1, 0.15) is 60.9 Å². The normalized spacial score (nSPS) is 22.4. The number of H-pyrrole nitrogens is 1. The Hall–Kier alpha value is -2.46. The van der Waals surface area contributed by atoms with Gasteiger partial charge < -0.3 is 20.2 Å². The fourth-order valence-corrected chi connectivity index (χ4v) is 5.05. The summed E-state index contributed by atoms with van der Waals surface area (Å²) in [7, 11) is 1.70. The van der Waals surface area contributed by atoms with Gasteiger partial charge in [-0.25, -0.2) is 0 Å². The van der Waals surface area contributed by atoms with Crippen LogP contribution < -0.4 is 15.2 Å². The van der Waals surface area contributed by atoms with Crippen LogP contribution >= 0.6 is 0 Å². The Labute approximate surface area is 173 Å². The summed E-state index contributed by atoms with van der Waals surface area (Å²) in [6.07, 6.45) is 8.31. The number of ether oxygens (including phenoxy) is 2. The first-order valence-corrected chi connectivity index (χ1v) is 10.6. The summed E-state index contributed by atoms with van der Waals surface area (Å²) in [6.45, 7) is 8.99. The Kier molecular flexibility index (Phi) is 5.55. The summed E-state index contributed by atoms with van der Waals surface area (Å²) in [5.41, 5.74) is 13.5. The van der Waals surface area contributed by atoms with Crippen molar-refractivity contribution < 1.29 is 9.47 Å². The number of rotatable bonds is 5. The van der Waals surface area contributed by atoms with E-state index in [1.54, 1.807) is 7.11 Å². The van der Waals surface area contributed by atoms with E-state index in [9.17, 15) is 0 Å². The summed E-state index contributed by atoms with van der Waals surface area (Å²) in [5, 5.41) is 0. The fraction of sp³-hybridized carbons (Fsp3) is 0.440. The number of allylic oxidation sites excluding steroid dienone is 1. The molecule has 0 saturated heterocycles. The summed E-state index contributed by atoms with van der Waals surface area (Å²) < 4.78 is 12.3. The van der Waals surface area contributed by atoms with Crippen LogP contribution in [-0.4, -0.2) is 18.6 Å². The van der Waals surface area contributed by atoms with Gasteiger partial charge in [0.25, 0.3) is 0 Å². The third-order valence-corrected chi connectivity index (χ3v) is 6.38. The molecule has 4 nitrogen and oxygen atoms in total. The molecule has 3 atom stereocenters. The highest BCUT2D eigenvalue weighted by Crippen LogP contribution is 2.48. The van der Waals surface area contributed by atoms with Crippen LogP contribution in [0.15, 0.2) is 30.4 Å². The lowest BCUT2D eigenvalue weighted by atomic mass is 9.72. The Morgan fingerprint density at radius 3 is 2.90 bits per heavy atom. The van der Waals surface area contributed by atoms with E-state index in [1.807, 2.05) is 12.1 Å². The number of aromatic nitrogens is 1. The van der Waals surface area contributed by atoms with Crippen molar-refractivity contribution in [3.63, 3.8) is 0 Å². The molecule has 0 radical (unpaired) electrons. The molecule has 29 heavy (non-hydrogen) atoms. The predicted octanol–water partition coefficient (Wildman–Crippen LogP) is 5.29. The third-order valence-electron chi connectivity index (χ3n) is 6.38. The smallest absolute Gasteiger partial charge is 0.162 e. The second kappa shape index (κ2) is 8.11. The van der Waals surface area contributed by atoms with E-state index in [2.05, 4.69) is 43.6 Å². The van der Waals surface area contributed by atoms with Gasteiger partial charge >= 0.3 is 0 Å². The van der Waals surface area contributed by atoms with Crippen molar-refractivity contribution in [2.75, 3.05) is 13.7 Å². The van der Waals surface area contributed by atoms with Crippen LogP contribution in [-0.2, 0) is 12.8 Å². The van der Waals surface area contributed by atoms with Gasteiger partial charge in [0.15, 0.2) is 11.5 Å². The second-order valence-electron chi connectivity index (χ2n) is 8.54. The minimum Gasteiger partial charge on any atom is -0.493 e. The van der Waals surface area contributed by atoms with E-state index in [-0.39, 0.29) is 6.10 Å². The average Bonchev–Trinajstić information content (AvgIpc) is 3.05. The molecule has 2 aromatic rings. The zero-order valence-electron chi connectivity index (χ0n) is 17.8. The van der Waals surface area contributed by atoms with E-state index in [0.29, 0.717) is 18.4 Å². The first-order valence-electron chi connectivity index (χ1n) is 10.6. The quantitative estimate of drug-likeness (QED) is 0.726. The number of methoxy groups -OCH3 is 1. The fourth-order valence-electron chi connectivity index (χ4n) is 5.05. The van der Waals surface area contributed by atoms with Gasteiger partial charge in [-0.2, -0.15) is 0 Å². The summed E-state index contributed by atoms with van der Waals surface area (Å²) in [6, 6.07) is 6.33. The predicted molar refractivity (Wildman–Crippen MR) is 119 cm³/mol. The highest BCUT2D eigenvalue weighted by atomic mass is 16.5. The number of aryl methyl sites for hydroxylation is 1. The van der Waals surface area contributed by atoms with E-state index in [1.165, 1.54) is 28.0 Å². The van der Waals surface area contributed by atoms with Crippen molar-refractivity contribution >= 4 is 12.2 Å². The molecular weight excluding hydrogens is 360 g/mol. The Morgan fingerprint density at radius 1 is 1.38 bits per heavy atom. The lowest BCUT2D eigenvalue weighted by Crippen LogP contribution is -2.34. The first kappa shape index (κ1) is 19.8. The molecule has 4 heteroatoms. The highest BCUT2D eigenvalue weighted by molar-refractivity contribution is 5.69. The molecule has 2 heterocycles. The molecule has 2 aliphatic rings. The first-order chi connectivity index (χ1) is 14.0. The molecule has 4 rings (SSSR count). The number of hydrogen-bond donors (Lipinski definition) is 2. The number of nitrogens with one attached hydrogen (secondary N) is 1. The molecule has 1 aliphatic heterocycles. The van der Waals surface area contributed by atoms with Crippen LogP contribution in [0.5, 0.6) is 11.5 Å². The number of benzene rings is 1. The third kappa shape index (κ3) is 3.62. The molecule has 4 bridgehead atoms. The van der Waals surface area contributed by atoms with Crippen molar-refractivity contribution in [3.8, 4) is 11.5 Å². The number of nitrogens with two attached hydrogens (primary N) is 1. The minimum atomic E-state index is -0.0624. The van der Waals surface area contributed by atoms with Crippen molar-refractivity contribution in [3.05, 3.63) is 58.4 Å². The number of fused-ring (bicyclic) bond motifs is 6. The molecule has 2 unspecified atom stereocenters. The minimum absolute atomic E-state index is 0.0624. The van der Waals surface area contributed by atoms with Gasteiger partial charge in [0, 0.05) is 17.2 Å². The van der Waals surface area contributed by atoms with Gasteiger partial charge in [-0.3, -0.25) is 0 Å². The van der Waals surface area contributed by atoms with Crippen molar-refractivity contribution in [2.45, 2.75) is 45.6 Å².